The maximum Gasteiger partial charge on any atom is 0.280 e. The number of anilines is 1. The summed E-state index contributed by atoms with van der Waals surface area (Å²) in [6.07, 6.45) is 1.98. The molecule has 1 fully saturated rings. The van der Waals surface area contributed by atoms with E-state index in [-0.39, 0.29) is 17.9 Å². The third kappa shape index (κ3) is 3.82. The fourth-order valence-electron chi connectivity index (χ4n) is 3.24. The molecule has 0 saturated carbocycles. The number of rotatable bonds is 3. The zero-order chi connectivity index (χ0) is 19.9. The van der Waals surface area contributed by atoms with Crippen molar-refractivity contribution in [1.82, 2.24) is 18.8 Å². The minimum absolute atomic E-state index is 0.0759. The molecule has 10 heteroatoms. The molecule has 146 valence electrons. The van der Waals surface area contributed by atoms with E-state index < -0.39 is 28.2 Å². The van der Waals surface area contributed by atoms with Crippen LogP contribution in [-0.2, 0) is 22.1 Å². The number of amides is 1. The SMILES string of the molecule is Cc1ccc(O)c(NC(=O)[C@H]2C[C@H](c3cn(C)nc3C)NS(=O)(=O)N2C)c1. The van der Waals surface area contributed by atoms with E-state index in [4.69, 9.17) is 0 Å². The summed E-state index contributed by atoms with van der Waals surface area (Å²) in [5, 5.41) is 16.8. The highest BCUT2D eigenvalue weighted by molar-refractivity contribution is 7.87. The molecule has 1 saturated heterocycles. The maximum atomic E-state index is 12.8. The van der Waals surface area contributed by atoms with E-state index in [0.29, 0.717) is 5.69 Å². The van der Waals surface area contributed by atoms with Gasteiger partial charge in [-0.2, -0.15) is 22.5 Å². The summed E-state index contributed by atoms with van der Waals surface area (Å²) >= 11 is 0. The molecule has 0 radical (unpaired) electrons. The number of benzene rings is 1. The van der Waals surface area contributed by atoms with Crippen LogP contribution in [0, 0.1) is 13.8 Å². The van der Waals surface area contributed by atoms with E-state index in [2.05, 4.69) is 15.1 Å². The van der Waals surface area contributed by atoms with Crippen LogP contribution >= 0.6 is 0 Å². The molecule has 3 N–H and O–H groups in total. The first kappa shape index (κ1) is 19.3. The predicted molar refractivity (Wildman–Crippen MR) is 100 cm³/mol. The summed E-state index contributed by atoms with van der Waals surface area (Å²) in [5.41, 5.74) is 2.53. The van der Waals surface area contributed by atoms with E-state index in [0.717, 1.165) is 15.4 Å². The van der Waals surface area contributed by atoms with Gasteiger partial charge in [0, 0.05) is 25.9 Å². The molecule has 0 spiro atoms. The fourth-order valence-corrected chi connectivity index (χ4v) is 4.50. The van der Waals surface area contributed by atoms with Crippen LogP contribution in [0.3, 0.4) is 0 Å². The van der Waals surface area contributed by atoms with Gasteiger partial charge in [-0.15, -0.1) is 0 Å². The highest BCUT2D eigenvalue weighted by Gasteiger charge is 2.41. The Morgan fingerprint density at radius 3 is 2.67 bits per heavy atom. The standard InChI is InChI=1S/C17H23N5O4S/c1-10-5-6-16(23)14(7-10)18-17(24)15-8-13(20-27(25,26)22(15)4)12-9-21(3)19-11(12)2/h5-7,9,13,15,20,23H,8H2,1-4H3,(H,18,24)/t13-,15-/m1/s1. The quantitative estimate of drug-likeness (QED) is 0.672. The Morgan fingerprint density at radius 2 is 2.04 bits per heavy atom. The Morgan fingerprint density at radius 1 is 1.33 bits per heavy atom. The van der Waals surface area contributed by atoms with Gasteiger partial charge >= 0.3 is 0 Å². The smallest absolute Gasteiger partial charge is 0.280 e. The number of nitrogens with zero attached hydrogens (tertiary/aromatic N) is 3. The van der Waals surface area contributed by atoms with Crippen LogP contribution in [-0.4, -0.2) is 46.6 Å². The number of aryl methyl sites for hydroxylation is 3. The molecule has 2 atom stereocenters. The average Bonchev–Trinajstić information content (AvgIpc) is 2.91. The van der Waals surface area contributed by atoms with E-state index in [1.165, 1.54) is 13.1 Å². The summed E-state index contributed by atoms with van der Waals surface area (Å²) in [6, 6.07) is 3.33. The Balaban J connectivity index is 1.89. The first-order chi connectivity index (χ1) is 12.6. The highest BCUT2D eigenvalue weighted by atomic mass is 32.2. The maximum absolute atomic E-state index is 12.8. The van der Waals surface area contributed by atoms with Crippen LogP contribution in [0.1, 0.15) is 29.3 Å². The summed E-state index contributed by atoms with van der Waals surface area (Å²) < 4.78 is 30.3. The zero-order valence-corrected chi connectivity index (χ0v) is 16.4. The Kier molecular flexibility index (Phi) is 4.98. The van der Waals surface area contributed by atoms with E-state index >= 15 is 0 Å². The predicted octanol–water partition coefficient (Wildman–Crippen LogP) is 0.961. The van der Waals surface area contributed by atoms with Crippen molar-refractivity contribution >= 4 is 21.8 Å². The van der Waals surface area contributed by atoms with Crippen LogP contribution in [0.4, 0.5) is 5.69 Å². The second-order valence-corrected chi connectivity index (χ2v) is 8.56. The van der Waals surface area contributed by atoms with E-state index in [1.54, 1.807) is 37.0 Å². The van der Waals surface area contributed by atoms with Crippen molar-refractivity contribution in [3.05, 3.63) is 41.2 Å². The third-order valence-electron chi connectivity index (χ3n) is 4.71. The molecule has 9 nitrogen and oxygen atoms in total. The molecular weight excluding hydrogens is 370 g/mol. The Hall–Kier alpha value is -2.43. The van der Waals surface area contributed by atoms with Crippen LogP contribution in [0.25, 0.3) is 0 Å². The molecule has 1 aliphatic rings. The van der Waals surface area contributed by atoms with Gasteiger partial charge in [0.2, 0.25) is 5.91 Å². The van der Waals surface area contributed by atoms with Gasteiger partial charge in [-0.1, -0.05) is 6.07 Å². The van der Waals surface area contributed by atoms with Crippen LogP contribution < -0.4 is 10.0 Å². The molecule has 27 heavy (non-hydrogen) atoms. The van der Waals surface area contributed by atoms with Gasteiger partial charge < -0.3 is 10.4 Å². The zero-order valence-electron chi connectivity index (χ0n) is 15.6. The van der Waals surface area contributed by atoms with Gasteiger partial charge in [0.25, 0.3) is 10.2 Å². The number of likely N-dealkylation sites (N-methyl/N-ethyl adjacent to an activating group) is 1. The monoisotopic (exact) mass is 393 g/mol. The summed E-state index contributed by atoms with van der Waals surface area (Å²) in [4.78, 5) is 12.8. The van der Waals surface area contributed by atoms with Crippen molar-refractivity contribution in [2.24, 2.45) is 7.05 Å². The third-order valence-corrected chi connectivity index (χ3v) is 6.30. The average molecular weight is 393 g/mol. The van der Waals surface area contributed by atoms with Crippen LogP contribution in [0.2, 0.25) is 0 Å². The number of carbonyl (C=O) groups excluding carboxylic acids is 1. The summed E-state index contributed by atoms with van der Waals surface area (Å²) in [7, 11) is -0.737. The summed E-state index contributed by atoms with van der Waals surface area (Å²) in [5.74, 6) is -0.580. The van der Waals surface area contributed by atoms with Gasteiger partial charge in [-0.3, -0.25) is 9.48 Å². The minimum atomic E-state index is -3.85. The van der Waals surface area contributed by atoms with Crippen molar-refractivity contribution in [3.8, 4) is 5.75 Å². The van der Waals surface area contributed by atoms with Crippen molar-refractivity contribution in [3.63, 3.8) is 0 Å². The lowest BCUT2D eigenvalue weighted by molar-refractivity contribution is -0.120. The largest absolute Gasteiger partial charge is 0.506 e. The second-order valence-electron chi connectivity index (χ2n) is 6.80. The molecule has 1 aromatic heterocycles. The number of hydrogen-bond acceptors (Lipinski definition) is 5. The normalized spacial score (nSPS) is 22.5. The van der Waals surface area contributed by atoms with Crippen molar-refractivity contribution < 1.29 is 18.3 Å². The summed E-state index contributed by atoms with van der Waals surface area (Å²) in [6.45, 7) is 3.62. The molecule has 1 amide bonds. The Bertz CT molecular complexity index is 985. The number of hydrogen-bond donors (Lipinski definition) is 3. The lowest BCUT2D eigenvalue weighted by atomic mass is 10.00. The number of phenols is 1. The Labute approximate surface area is 158 Å². The number of aromatic nitrogens is 2. The molecular formula is C17H23N5O4S. The van der Waals surface area contributed by atoms with Crippen molar-refractivity contribution in [1.29, 1.82) is 0 Å². The van der Waals surface area contributed by atoms with Crippen LogP contribution in [0.5, 0.6) is 5.75 Å². The van der Waals surface area contributed by atoms with Crippen LogP contribution in [0.15, 0.2) is 24.4 Å². The molecule has 0 aliphatic carbocycles. The first-order valence-electron chi connectivity index (χ1n) is 8.44. The molecule has 1 aromatic carbocycles. The molecule has 2 heterocycles. The lowest BCUT2D eigenvalue weighted by Crippen LogP contribution is -2.56. The van der Waals surface area contributed by atoms with Gasteiger partial charge in [0.15, 0.2) is 0 Å². The molecule has 3 rings (SSSR count). The second kappa shape index (κ2) is 6.95. The lowest BCUT2D eigenvalue weighted by Gasteiger charge is -2.36. The molecule has 0 bridgehead atoms. The highest BCUT2D eigenvalue weighted by Crippen LogP contribution is 2.31. The van der Waals surface area contributed by atoms with Gasteiger partial charge in [0.05, 0.1) is 17.4 Å². The van der Waals surface area contributed by atoms with E-state index in [9.17, 15) is 18.3 Å². The van der Waals surface area contributed by atoms with Gasteiger partial charge in [-0.25, -0.2) is 0 Å². The van der Waals surface area contributed by atoms with Gasteiger partial charge in [-0.05, 0) is 38.0 Å². The molecule has 1 aliphatic heterocycles. The fraction of sp³-hybridized carbons (Fsp3) is 0.412. The molecule has 2 aromatic rings. The topological polar surface area (TPSA) is 117 Å². The minimum Gasteiger partial charge on any atom is -0.506 e. The number of nitrogens with one attached hydrogen (secondary N) is 2. The number of carbonyl (C=O) groups is 1. The van der Waals surface area contributed by atoms with Crippen molar-refractivity contribution in [2.75, 3.05) is 12.4 Å². The van der Waals surface area contributed by atoms with E-state index in [1.807, 2.05) is 6.92 Å². The number of phenolic OH excluding ortho intramolecular Hbond substituents is 1. The molecule has 0 unspecified atom stereocenters. The van der Waals surface area contributed by atoms with Gasteiger partial charge in [0.1, 0.15) is 11.8 Å². The van der Waals surface area contributed by atoms with Crippen molar-refractivity contribution in [2.45, 2.75) is 32.4 Å². The number of aromatic hydroxyl groups is 1. The first-order valence-corrected chi connectivity index (χ1v) is 9.88.